The van der Waals surface area contributed by atoms with E-state index in [9.17, 15) is 9.90 Å². The maximum absolute atomic E-state index is 11.6. The van der Waals surface area contributed by atoms with E-state index in [0.29, 0.717) is 22.6 Å². The van der Waals surface area contributed by atoms with Gasteiger partial charge in [-0.15, -0.1) is 0 Å². The van der Waals surface area contributed by atoms with Crippen LogP contribution in [0.3, 0.4) is 0 Å². The van der Waals surface area contributed by atoms with Crippen molar-refractivity contribution >= 4 is 23.1 Å². The van der Waals surface area contributed by atoms with Crippen LogP contribution in [0.4, 0.5) is 0 Å². The lowest BCUT2D eigenvalue weighted by atomic mass is 10.0. The van der Waals surface area contributed by atoms with Crippen molar-refractivity contribution < 1.29 is 24.1 Å². The SMILES string of the molecule is CO/C=C(/C(=O)O)c1cccc(C)c1Oc1cc(Oc2cccnc2Cl)ncn1. The Hall–Kier alpha value is -3.65. The fourth-order valence-electron chi connectivity index (χ4n) is 2.45. The van der Waals surface area contributed by atoms with Crippen molar-refractivity contribution in [3.63, 3.8) is 0 Å². The number of aromatic nitrogens is 3. The number of rotatable bonds is 7. The highest BCUT2D eigenvalue weighted by molar-refractivity contribution is 6.30. The molecule has 2 aromatic heterocycles. The van der Waals surface area contributed by atoms with Crippen molar-refractivity contribution in [3.05, 3.63) is 71.5 Å². The zero-order chi connectivity index (χ0) is 20.8. The van der Waals surface area contributed by atoms with Crippen LogP contribution in [0.1, 0.15) is 11.1 Å². The van der Waals surface area contributed by atoms with Gasteiger partial charge in [-0.05, 0) is 24.6 Å². The second-order valence-corrected chi connectivity index (χ2v) is 6.07. The van der Waals surface area contributed by atoms with Crippen molar-refractivity contribution in [2.24, 2.45) is 0 Å². The summed E-state index contributed by atoms with van der Waals surface area (Å²) in [6.45, 7) is 1.79. The molecule has 0 aliphatic rings. The fourth-order valence-corrected chi connectivity index (χ4v) is 2.60. The van der Waals surface area contributed by atoms with E-state index in [-0.39, 0.29) is 22.5 Å². The number of pyridine rings is 1. The number of carboxylic acid groups (broad SMARTS) is 1. The summed E-state index contributed by atoms with van der Waals surface area (Å²) >= 11 is 5.99. The predicted octanol–water partition coefficient (Wildman–Crippen LogP) is 4.49. The first-order valence-electron chi connectivity index (χ1n) is 8.34. The molecule has 2 heterocycles. The fraction of sp³-hybridized carbons (Fsp3) is 0.100. The summed E-state index contributed by atoms with van der Waals surface area (Å²) in [5.41, 5.74) is 0.997. The molecule has 29 heavy (non-hydrogen) atoms. The third kappa shape index (κ3) is 4.80. The van der Waals surface area contributed by atoms with Crippen molar-refractivity contribution in [1.82, 2.24) is 15.0 Å². The molecule has 0 unspecified atom stereocenters. The molecule has 0 spiro atoms. The lowest BCUT2D eigenvalue weighted by Gasteiger charge is -2.14. The molecule has 148 valence electrons. The van der Waals surface area contributed by atoms with Gasteiger partial charge in [0.15, 0.2) is 10.9 Å². The minimum atomic E-state index is -1.15. The molecule has 3 aromatic rings. The highest BCUT2D eigenvalue weighted by Crippen LogP contribution is 2.34. The van der Waals surface area contributed by atoms with Gasteiger partial charge < -0.3 is 19.3 Å². The van der Waals surface area contributed by atoms with E-state index in [4.69, 9.17) is 25.8 Å². The zero-order valence-corrected chi connectivity index (χ0v) is 16.3. The number of hydrogen-bond donors (Lipinski definition) is 1. The van der Waals surface area contributed by atoms with Crippen molar-refractivity contribution in [2.75, 3.05) is 7.11 Å². The zero-order valence-electron chi connectivity index (χ0n) is 15.5. The first-order chi connectivity index (χ1) is 14.0. The quantitative estimate of drug-likeness (QED) is 0.343. The summed E-state index contributed by atoms with van der Waals surface area (Å²) in [5, 5.41) is 9.69. The minimum absolute atomic E-state index is 0.0566. The van der Waals surface area contributed by atoms with E-state index in [1.807, 2.05) is 0 Å². The third-order valence-corrected chi connectivity index (χ3v) is 4.01. The molecule has 0 saturated carbocycles. The number of ether oxygens (including phenoxy) is 3. The van der Waals surface area contributed by atoms with Gasteiger partial charge in [0.05, 0.1) is 19.4 Å². The number of aryl methyl sites for hydroxylation is 1. The lowest BCUT2D eigenvalue weighted by molar-refractivity contribution is -0.130. The van der Waals surface area contributed by atoms with Crippen molar-refractivity contribution in [3.8, 4) is 23.3 Å². The van der Waals surface area contributed by atoms with Crippen LogP contribution in [-0.4, -0.2) is 33.1 Å². The van der Waals surface area contributed by atoms with E-state index in [0.717, 1.165) is 6.26 Å². The average Bonchev–Trinajstić information content (AvgIpc) is 2.70. The summed E-state index contributed by atoms with van der Waals surface area (Å²) in [6, 6.07) is 9.92. The van der Waals surface area contributed by atoms with E-state index < -0.39 is 5.97 Å². The van der Waals surface area contributed by atoms with Crippen molar-refractivity contribution in [2.45, 2.75) is 6.92 Å². The Morgan fingerprint density at radius 1 is 1.10 bits per heavy atom. The first-order valence-corrected chi connectivity index (χ1v) is 8.72. The van der Waals surface area contributed by atoms with Gasteiger partial charge in [0.25, 0.3) is 0 Å². The number of para-hydroxylation sites is 1. The molecule has 0 aliphatic carbocycles. The Morgan fingerprint density at radius 3 is 2.55 bits per heavy atom. The number of aliphatic carboxylic acids is 1. The maximum Gasteiger partial charge on any atom is 0.339 e. The van der Waals surface area contributed by atoms with Gasteiger partial charge in [-0.25, -0.2) is 19.7 Å². The summed E-state index contributed by atoms with van der Waals surface area (Å²) in [6.07, 6.45) is 3.94. The van der Waals surface area contributed by atoms with Gasteiger partial charge in [-0.3, -0.25) is 0 Å². The molecule has 0 aliphatic heterocycles. The minimum Gasteiger partial charge on any atom is -0.503 e. The number of carboxylic acids is 1. The molecule has 0 saturated heterocycles. The van der Waals surface area contributed by atoms with Crippen LogP contribution in [0.15, 0.2) is 55.2 Å². The van der Waals surface area contributed by atoms with Gasteiger partial charge in [-0.1, -0.05) is 29.8 Å². The molecular formula is C20H16ClN3O5. The Bertz CT molecular complexity index is 1070. The molecule has 0 atom stereocenters. The normalized spacial score (nSPS) is 11.1. The van der Waals surface area contributed by atoms with Crippen LogP contribution < -0.4 is 9.47 Å². The second kappa shape index (κ2) is 9.03. The number of hydrogen-bond acceptors (Lipinski definition) is 7. The van der Waals surface area contributed by atoms with E-state index >= 15 is 0 Å². The van der Waals surface area contributed by atoms with Gasteiger partial charge in [0, 0.05) is 11.8 Å². The topological polar surface area (TPSA) is 104 Å². The molecule has 0 radical (unpaired) electrons. The standard InChI is InChI=1S/C20H16ClN3O5/c1-12-5-3-6-13(14(10-27-2)20(25)26)18(12)29-17-9-16(23-11-24-17)28-15-7-4-8-22-19(15)21/h3-11H,1-2H3,(H,25,26)/b14-10+. The Morgan fingerprint density at radius 2 is 1.86 bits per heavy atom. The van der Waals surface area contributed by atoms with E-state index in [2.05, 4.69) is 15.0 Å². The van der Waals surface area contributed by atoms with Crippen LogP contribution in [0.25, 0.3) is 5.57 Å². The largest absolute Gasteiger partial charge is 0.503 e. The van der Waals surface area contributed by atoms with Gasteiger partial charge in [0.2, 0.25) is 11.8 Å². The molecule has 0 bridgehead atoms. The Labute approximate surface area is 171 Å². The molecule has 0 fully saturated rings. The highest BCUT2D eigenvalue weighted by Gasteiger charge is 2.19. The van der Waals surface area contributed by atoms with Crippen LogP contribution in [0.2, 0.25) is 5.15 Å². The smallest absolute Gasteiger partial charge is 0.339 e. The van der Waals surface area contributed by atoms with Crippen LogP contribution in [0.5, 0.6) is 23.3 Å². The Kier molecular flexibility index (Phi) is 6.25. The molecule has 1 aromatic carbocycles. The third-order valence-electron chi connectivity index (χ3n) is 3.73. The maximum atomic E-state index is 11.6. The van der Waals surface area contributed by atoms with E-state index in [1.165, 1.54) is 25.7 Å². The number of nitrogens with zero attached hydrogens (tertiary/aromatic N) is 3. The van der Waals surface area contributed by atoms with Gasteiger partial charge in [-0.2, -0.15) is 0 Å². The lowest BCUT2D eigenvalue weighted by Crippen LogP contribution is -2.04. The van der Waals surface area contributed by atoms with E-state index in [1.54, 1.807) is 37.3 Å². The van der Waals surface area contributed by atoms with Crippen LogP contribution in [0, 0.1) is 6.92 Å². The summed E-state index contributed by atoms with van der Waals surface area (Å²) < 4.78 is 16.4. The molecule has 1 N–H and O–H groups in total. The number of carbonyl (C=O) groups is 1. The number of methoxy groups -OCH3 is 1. The molecule has 3 rings (SSSR count). The first kappa shape index (κ1) is 20.1. The Balaban J connectivity index is 1.94. The molecule has 9 heteroatoms. The summed E-state index contributed by atoms with van der Waals surface area (Å²) in [4.78, 5) is 23.7. The number of halogens is 1. The number of benzene rings is 1. The average molecular weight is 414 g/mol. The summed E-state index contributed by atoms with van der Waals surface area (Å²) in [5.74, 6) is -0.160. The highest BCUT2D eigenvalue weighted by atomic mass is 35.5. The summed E-state index contributed by atoms with van der Waals surface area (Å²) in [7, 11) is 1.37. The van der Waals surface area contributed by atoms with Gasteiger partial charge in [0.1, 0.15) is 17.6 Å². The predicted molar refractivity (Wildman–Crippen MR) is 105 cm³/mol. The molecule has 8 nitrogen and oxygen atoms in total. The van der Waals surface area contributed by atoms with Crippen molar-refractivity contribution in [1.29, 1.82) is 0 Å². The molecular weight excluding hydrogens is 398 g/mol. The molecule has 0 amide bonds. The van der Waals surface area contributed by atoms with Crippen LogP contribution >= 0.6 is 11.6 Å². The monoisotopic (exact) mass is 413 g/mol. The van der Waals surface area contributed by atoms with Crippen LogP contribution in [-0.2, 0) is 9.53 Å². The second-order valence-electron chi connectivity index (χ2n) is 5.71. The van der Waals surface area contributed by atoms with Gasteiger partial charge >= 0.3 is 5.97 Å².